The van der Waals surface area contributed by atoms with E-state index in [4.69, 9.17) is 5.73 Å². The largest absolute Gasteiger partial charge is 0.392 e. The van der Waals surface area contributed by atoms with Crippen LogP contribution in [0.5, 0.6) is 0 Å². The van der Waals surface area contributed by atoms with Gasteiger partial charge >= 0.3 is 0 Å². The maximum atomic E-state index is 12.0. The lowest BCUT2D eigenvalue weighted by Crippen LogP contribution is -2.33. The van der Waals surface area contributed by atoms with Crippen LogP contribution in [0.4, 0.5) is 0 Å². The van der Waals surface area contributed by atoms with E-state index in [-0.39, 0.29) is 18.0 Å². The van der Waals surface area contributed by atoms with Crippen molar-refractivity contribution in [1.29, 1.82) is 0 Å². The van der Waals surface area contributed by atoms with Crippen molar-refractivity contribution in [1.82, 2.24) is 9.29 Å². The second-order valence-electron chi connectivity index (χ2n) is 3.82. The molecule has 3 N–H and O–H groups in total. The minimum Gasteiger partial charge on any atom is -0.392 e. The smallest absolute Gasteiger partial charge is 0.244 e. The molecule has 0 amide bonds. The first-order valence-electron chi connectivity index (χ1n) is 5.17. The average Bonchev–Trinajstić information content (AvgIpc) is 2.28. The van der Waals surface area contributed by atoms with Crippen molar-refractivity contribution in [3.63, 3.8) is 0 Å². The maximum Gasteiger partial charge on any atom is 0.244 e. The Morgan fingerprint density at radius 1 is 1.53 bits per heavy atom. The molecule has 6 nitrogen and oxygen atoms in total. The Kier molecular flexibility index (Phi) is 4.58. The molecule has 1 atom stereocenters. The molecule has 1 aromatic heterocycles. The van der Waals surface area contributed by atoms with Crippen LogP contribution in [0, 0.1) is 0 Å². The van der Waals surface area contributed by atoms with Gasteiger partial charge in [0.05, 0.1) is 11.8 Å². The lowest BCUT2D eigenvalue weighted by Gasteiger charge is -2.18. The van der Waals surface area contributed by atoms with E-state index in [0.717, 1.165) is 4.31 Å². The predicted molar refractivity (Wildman–Crippen MR) is 63.6 cm³/mol. The van der Waals surface area contributed by atoms with Crippen molar-refractivity contribution in [3.05, 3.63) is 24.0 Å². The van der Waals surface area contributed by atoms with Gasteiger partial charge in [-0.15, -0.1) is 0 Å². The van der Waals surface area contributed by atoms with Crippen LogP contribution in [0.1, 0.15) is 12.6 Å². The van der Waals surface area contributed by atoms with Crippen LogP contribution in [0.15, 0.2) is 23.2 Å². The molecule has 0 spiro atoms. The van der Waals surface area contributed by atoms with Gasteiger partial charge in [0.1, 0.15) is 4.90 Å². The molecular formula is C10H17N3O3S. The molecule has 17 heavy (non-hydrogen) atoms. The van der Waals surface area contributed by atoms with E-state index in [2.05, 4.69) is 4.98 Å². The summed E-state index contributed by atoms with van der Waals surface area (Å²) in [4.78, 5) is 4.03. The fraction of sp³-hybridized carbons (Fsp3) is 0.500. The van der Waals surface area contributed by atoms with Gasteiger partial charge in [0.2, 0.25) is 10.0 Å². The van der Waals surface area contributed by atoms with Crippen molar-refractivity contribution in [2.24, 2.45) is 5.73 Å². The van der Waals surface area contributed by atoms with Crippen molar-refractivity contribution in [3.8, 4) is 0 Å². The van der Waals surface area contributed by atoms with Gasteiger partial charge in [-0.05, 0) is 19.1 Å². The molecule has 1 unspecified atom stereocenters. The highest BCUT2D eigenvalue weighted by molar-refractivity contribution is 7.89. The molecule has 0 aliphatic carbocycles. The number of nitrogens with two attached hydrogens (primary N) is 1. The number of pyridine rings is 1. The molecule has 0 saturated heterocycles. The summed E-state index contributed by atoms with van der Waals surface area (Å²) in [5, 5.41) is 9.18. The number of likely N-dealkylation sites (N-methyl/N-ethyl adjacent to an activating group) is 1. The Hall–Kier alpha value is -1.02. The Bertz CT molecular complexity index is 456. The SMILES string of the molecule is CC(O)CN(C)S(=O)(=O)c1ccc(CN)nc1. The molecule has 1 rings (SSSR count). The van der Waals surface area contributed by atoms with E-state index in [1.165, 1.54) is 26.2 Å². The zero-order chi connectivity index (χ0) is 13.1. The molecule has 7 heteroatoms. The molecule has 0 aromatic carbocycles. The first-order valence-corrected chi connectivity index (χ1v) is 6.61. The Morgan fingerprint density at radius 3 is 2.59 bits per heavy atom. The second kappa shape index (κ2) is 5.54. The second-order valence-corrected chi connectivity index (χ2v) is 5.87. The van der Waals surface area contributed by atoms with Crippen molar-refractivity contribution in [2.75, 3.05) is 13.6 Å². The first-order chi connectivity index (χ1) is 7.87. The van der Waals surface area contributed by atoms with E-state index < -0.39 is 16.1 Å². The van der Waals surface area contributed by atoms with Gasteiger partial charge in [-0.1, -0.05) is 0 Å². The minimum absolute atomic E-state index is 0.0426. The Morgan fingerprint density at radius 2 is 2.18 bits per heavy atom. The third-order valence-corrected chi connectivity index (χ3v) is 4.04. The van der Waals surface area contributed by atoms with Crippen LogP contribution in [-0.2, 0) is 16.6 Å². The molecule has 1 aromatic rings. The Balaban J connectivity index is 2.96. The van der Waals surface area contributed by atoms with Crippen LogP contribution < -0.4 is 5.73 Å². The molecule has 1 heterocycles. The summed E-state index contributed by atoms with van der Waals surface area (Å²) < 4.78 is 25.1. The van der Waals surface area contributed by atoms with E-state index in [0.29, 0.717) is 5.69 Å². The fourth-order valence-corrected chi connectivity index (χ4v) is 2.53. The summed E-state index contributed by atoms with van der Waals surface area (Å²) >= 11 is 0. The third-order valence-electron chi connectivity index (χ3n) is 2.24. The summed E-state index contributed by atoms with van der Waals surface area (Å²) in [6, 6.07) is 3.03. The number of nitrogens with zero attached hydrogens (tertiary/aromatic N) is 2. The van der Waals surface area contributed by atoms with Gasteiger partial charge in [0.15, 0.2) is 0 Å². The zero-order valence-electron chi connectivity index (χ0n) is 9.87. The number of hydrogen-bond donors (Lipinski definition) is 2. The number of hydrogen-bond acceptors (Lipinski definition) is 5. The molecule has 0 radical (unpaired) electrons. The number of aromatic nitrogens is 1. The van der Waals surface area contributed by atoms with Gasteiger partial charge < -0.3 is 10.8 Å². The molecule has 96 valence electrons. The molecule has 0 aliphatic heterocycles. The van der Waals surface area contributed by atoms with Crippen LogP contribution in [0.3, 0.4) is 0 Å². The summed E-state index contributed by atoms with van der Waals surface area (Å²) in [7, 11) is -2.17. The van der Waals surface area contributed by atoms with Gasteiger partial charge in [-0.25, -0.2) is 8.42 Å². The van der Waals surface area contributed by atoms with Gasteiger partial charge in [-0.3, -0.25) is 4.98 Å². The predicted octanol–water partition coefficient (Wildman–Crippen LogP) is -0.458. The van der Waals surface area contributed by atoms with Crippen molar-refractivity contribution in [2.45, 2.75) is 24.5 Å². The molecule has 0 aliphatic rings. The monoisotopic (exact) mass is 259 g/mol. The van der Waals surface area contributed by atoms with Gasteiger partial charge in [0, 0.05) is 26.3 Å². The molecule has 0 bridgehead atoms. The quantitative estimate of drug-likeness (QED) is 0.746. The molecular weight excluding hydrogens is 242 g/mol. The highest BCUT2D eigenvalue weighted by atomic mass is 32.2. The van der Waals surface area contributed by atoms with Crippen LogP contribution >= 0.6 is 0 Å². The lowest BCUT2D eigenvalue weighted by atomic mass is 10.4. The van der Waals surface area contributed by atoms with E-state index in [1.54, 1.807) is 6.07 Å². The number of rotatable bonds is 5. The van der Waals surface area contributed by atoms with Crippen molar-refractivity contribution >= 4 is 10.0 Å². The van der Waals surface area contributed by atoms with Gasteiger partial charge in [-0.2, -0.15) is 4.31 Å². The highest BCUT2D eigenvalue weighted by Gasteiger charge is 2.21. The van der Waals surface area contributed by atoms with Crippen LogP contribution in [0.2, 0.25) is 0 Å². The Labute approximate surface area is 101 Å². The maximum absolute atomic E-state index is 12.0. The summed E-state index contributed by atoms with van der Waals surface area (Å²) in [5.74, 6) is 0. The van der Waals surface area contributed by atoms with Crippen LogP contribution in [-0.4, -0.2) is 42.5 Å². The number of aliphatic hydroxyl groups excluding tert-OH is 1. The van der Waals surface area contributed by atoms with E-state index in [1.807, 2.05) is 0 Å². The zero-order valence-corrected chi connectivity index (χ0v) is 10.7. The van der Waals surface area contributed by atoms with Crippen molar-refractivity contribution < 1.29 is 13.5 Å². The van der Waals surface area contributed by atoms with Gasteiger partial charge in [0.25, 0.3) is 0 Å². The normalized spacial score (nSPS) is 13.9. The number of aliphatic hydroxyl groups is 1. The van der Waals surface area contributed by atoms with E-state index in [9.17, 15) is 13.5 Å². The standard InChI is InChI=1S/C10H17N3O3S/c1-8(14)7-13(2)17(15,16)10-4-3-9(5-11)12-6-10/h3-4,6,8,14H,5,7,11H2,1-2H3. The summed E-state index contributed by atoms with van der Waals surface area (Å²) in [5.41, 5.74) is 6.01. The third kappa shape index (κ3) is 3.47. The average molecular weight is 259 g/mol. The highest BCUT2D eigenvalue weighted by Crippen LogP contribution is 2.13. The minimum atomic E-state index is -3.59. The topological polar surface area (TPSA) is 96.5 Å². The number of sulfonamides is 1. The van der Waals surface area contributed by atoms with Crippen LogP contribution in [0.25, 0.3) is 0 Å². The summed E-state index contributed by atoms with van der Waals surface area (Å²) in [6.45, 7) is 1.84. The fourth-order valence-electron chi connectivity index (χ4n) is 1.33. The molecule has 0 fully saturated rings. The first kappa shape index (κ1) is 14.0. The van der Waals surface area contributed by atoms with E-state index >= 15 is 0 Å². The lowest BCUT2D eigenvalue weighted by molar-refractivity contribution is 0.171. The summed E-state index contributed by atoms with van der Waals surface area (Å²) in [6.07, 6.45) is 0.557. The molecule has 0 saturated carbocycles.